The van der Waals surface area contributed by atoms with Gasteiger partial charge in [0.25, 0.3) is 0 Å². The molecule has 3 nitrogen and oxygen atoms in total. The van der Waals surface area contributed by atoms with Crippen LogP contribution in [0, 0.1) is 0 Å². The maximum atomic E-state index is 14.2. The van der Waals surface area contributed by atoms with E-state index in [1.54, 1.807) is 0 Å². The molecule has 0 radical (unpaired) electrons. The Kier molecular flexibility index (Phi) is 4.68. The van der Waals surface area contributed by atoms with E-state index in [0.717, 1.165) is 43.6 Å². The zero-order valence-electron chi connectivity index (χ0n) is 19.6. The smallest absolute Gasteiger partial charge is 0.197 e. The van der Waals surface area contributed by atoms with E-state index in [0.29, 0.717) is 17.7 Å². The molecule has 0 aliphatic rings. The molecule has 0 bridgehead atoms. The zero-order valence-corrected chi connectivity index (χ0v) is 19.6. The van der Waals surface area contributed by atoms with Crippen LogP contribution in [-0.4, -0.2) is 15.3 Å². The minimum Gasteiger partial charge on any atom is -0.335 e. The van der Waals surface area contributed by atoms with Gasteiger partial charge in [-0.05, 0) is 29.8 Å². The molecule has 2 heterocycles. The molecule has 36 heavy (non-hydrogen) atoms. The number of ketones is 1. The first-order chi connectivity index (χ1) is 17.8. The third kappa shape index (κ3) is 3.21. The van der Waals surface area contributed by atoms with Crippen LogP contribution in [0.15, 0.2) is 121 Å². The van der Waals surface area contributed by atoms with Gasteiger partial charge in [-0.2, -0.15) is 0 Å². The Balaban J connectivity index is 1.66. The van der Waals surface area contributed by atoms with Crippen LogP contribution in [0.25, 0.3) is 43.6 Å². The van der Waals surface area contributed by atoms with Gasteiger partial charge >= 0.3 is 0 Å². The molecule has 0 N–H and O–H groups in total. The molecule has 0 spiro atoms. The molecular formula is C33H22N2O. The van der Waals surface area contributed by atoms with Crippen LogP contribution in [0.2, 0.25) is 0 Å². The van der Waals surface area contributed by atoms with E-state index < -0.39 is 0 Å². The number of carbonyl (C=O) groups is 1. The average Bonchev–Trinajstić information content (AvgIpc) is 3.24. The van der Waals surface area contributed by atoms with Crippen molar-refractivity contribution in [1.29, 1.82) is 0 Å². The number of nitrogens with zero attached hydrogens (tertiary/aromatic N) is 2. The summed E-state index contributed by atoms with van der Waals surface area (Å²) in [5.74, 6) is -0.00824. The van der Waals surface area contributed by atoms with Crippen LogP contribution in [-0.2, 0) is 6.54 Å². The van der Waals surface area contributed by atoms with Crippen molar-refractivity contribution in [3.05, 3.63) is 138 Å². The highest BCUT2D eigenvalue weighted by atomic mass is 16.1. The van der Waals surface area contributed by atoms with Crippen LogP contribution in [0.5, 0.6) is 0 Å². The Hall–Kier alpha value is -4.76. The fourth-order valence-electron chi connectivity index (χ4n) is 5.34. The van der Waals surface area contributed by atoms with Gasteiger partial charge in [-0.1, -0.05) is 97.1 Å². The maximum Gasteiger partial charge on any atom is 0.197 e. The van der Waals surface area contributed by atoms with E-state index in [1.165, 1.54) is 5.56 Å². The molecule has 7 rings (SSSR count). The van der Waals surface area contributed by atoms with Crippen LogP contribution in [0.4, 0.5) is 0 Å². The van der Waals surface area contributed by atoms with Gasteiger partial charge in [-0.15, -0.1) is 0 Å². The second kappa shape index (κ2) is 8.17. The lowest BCUT2D eigenvalue weighted by Gasteiger charge is -2.14. The second-order valence-corrected chi connectivity index (χ2v) is 9.18. The van der Waals surface area contributed by atoms with Crippen LogP contribution in [0.1, 0.15) is 21.5 Å². The monoisotopic (exact) mass is 462 g/mol. The highest BCUT2D eigenvalue weighted by molar-refractivity contribution is 6.27. The number of pyridine rings is 1. The number of hydrogen-bond acceptors (Lipinski definition) is 2. The van der Waals surface area contributed by atoms with Crippen LogP contribution >= 0.6 is 0 Å². The zero-order chi connectivity index (χ0) is 24.1. The quantitative estimate of drug-likeness (QED) is 0.198. The molecule has 0 saturated carbocycles. The number of fused-ring (bicyclic) bond motifs is 5. The Morgan fingerprint density at radius 1 is 0.667 bits per heavy atom. The molecule has 170 valence electrons. The van der Waals surface area contributed by atoms with Gasteiger partial charge in [0, 0.05) is 39.2 Å². The van der Waals surface area contributed by atoms with Crippen molar-refractivity contribution >= 4 is 49.4 Å². The molecule has 0 fully saturated rings. The minimum atomic E-state index is -0.00824. The number of hydrogen-bond donors (Lipinski definition) is 0. The third-order valence-corrected chi connectivity index (χ3v) is 6.98. The number of aromatic nitrogens is 2. The molecule has 2 aromatic heterocycles. The summed E-state index contributed by atoms with van der Waals surface area (Å²) in [6.45, 7) is 0.666. The van der Waals surface area contributed by atoms with E-state index in [4.69, 9.17) is 4.98 Å². The van der Waals surface area contributed by atoms with E-state index >= 15 is 0 Å². The topological polar surface area (TPSA) is 34.9 Å². The predicted octanol–water partition coefficient (Wildman–Crippen LogP) is 7.78. The van der Waals surface area contributed by atoms with Crippen molar-refractivity contribution in [2.75, 3.05) is 0 Å². The lowest BCUT2D eigenvalue weighted by atomic mass is 9.96. The molecule has 3 heteroatoms. The number of benzene rings is 5. The summed E-state index contributed by atoms with van der Waals surface area (Å²) in [6, 6.07) is 40.8. The first kappa shape index (κ1) is 20.6. The summed E-state index contributed by atoms with van der Waals surface area (Å²) in [7, 11) is 0. The van der Waals surface area contributed by atoms with Gasteiger partial charge in [-0.3, -0.25) is 4.79 Å². The highest BCUT2D eigenvalue weighted by Crippen LogP contribution is 2.38. The van der Waals surface area contributed by atoms with Gasteiger partial charge in [0.2, 0.25) is 0 Å². The maximum absolute atomic E-state index is 14.2. The predicted molar refractivity (Wildman–Crippen MR) is 148 cm³/mol. The van der Waals surface area contributed by atoms with E-state index in [1.807, 2.05) is 54.6 Å². The first-order valence-electron chi connectivity index (χ1n) is 12.1. The van der Waals surface area contributed by atoms with E-state index in [2.05, 4.69) is 71.3 Å². The standard InChI is InChI=1S/C33H22N2O/c36-33(23-13-5-2-6-14-23)30-31-25(19-24-15-7-9-17-28(24)34-31)20-27-26-16-8-10-18-29(26)35(32(27)30)21-22-11-3-1-4-12-22/h1-20H,21H2. The fraction of sp³-hybridized carbons (Fsp3) is 0.0303. The SMILES string of the molecule is O=C(c1ccccc1)c1c2nc3ccccc3cc2cc2c3ccccc3n(Cc3ccccc3)c12. The lowest BCUT2D eigenvalue weighted by molar-refractivity contribution is 0.104. The van der Waals surface area contributed by atoms with Crippen molar-refractivity contribution in [2.45, 2.75) is 6.54 Å². The first-order valence-corrected chi connectivity index (χ1v) is 12.1. The van der Waals surface area contributed by atoms with Gasteiger partial charge in [0.05, 0.1) is 22.1 Å². The molecule has 0 unspecified atom stereocenters. The summed E-state index contributed by atoms with van der Waals surface area (Å²) in [6.07, 6.45) is 0. The molecular weight excluding hydrogens is 440 g/mol. The van der Waals surface area contributed by atoms with Gasteiger partial charge in [0.15, 0.2) is 5.78 Å². The van der Waals surface area contributed by atoms with Crippen molar-refractivity contribution < 1.29 is 4.79 Å². The molecule has 7 aromatic rings. The third-order valence-electron chi connectivity index (χ3n) is 6.98. The Labute approximate surface area is 208 Å². The summed E-state index contributed by atoms with van der Waals surface area (Å²) in [5.41, 5.74) is 6.18. The highest BCUT2D eigenvalue weighted by Gasteiger charge is 2.23. The molecule has 0 aliphatic carbocycles. The van der Waals surface area contributed by atoms with E-state index in [-0.39, 0.29) is 5.78 Å². The summed E-state index contributed by atoms with van der Waals surface area (Å²) >= 11 is 0. The number of carbonyl (C=O) groups excluding carboxylic acids is 1. The van der Waals surface area contributed by atoms with Crippen molar-refractivity contribution in [1.82, 2.24) is 9.55 Å². The Bertz CT molecular complexity index is 1920. The van der Waals surface area contributed by atoms with Crippen molar-refractivity contribution in [3.8, 4) is 0 Å². The minimum absolute atomic E-state index is 0.00824. The average molecular weight is 463 g/mol. The van der Waals surface area contributed by atoms with Gasteiger partial charge in [0.1, 0.15) is 0 Å². The van der Waals surface area contributed by atoms with Crippen LogP contribution < -0.4 is 0 Å². The molecule has 0 aliphatic heterocycles. The fourth-order valence-corrected chi connectivity index (χ4v) is 5.34. The Morgan fingerprint density at radius 2 is 1.36 bits per heavy atom. The second-order valence-electron chi connectivity index (χ2n) is 9.18. The van der Waals surface area contributed by atoms with Crippen LogP contribution in [0.3, 0.4) is 0 Å². The van der Waals surface area contributed by atoms with Gasteiger partial charge < -0.3 is 4.57 Å². The lowest BCUT2D eigenvalue weighted by Crippen LogP contribution is -2.08. The molecule has 0 atom stereocenters. The van der Waals surface area contributed by atoms with E-state index in [9.17, 15) is 4.79 Å². The molecule has 5 aromatic carbocycles. The number of rotatable bonds is 4. The summed E-state index contributed by atoms with van der Waals surface area (Å²) < 4.78 is 2.28. The normalized spacial score (nSPS) is 11.6. The van der Waals surface area contributed by atoms with Crippen molar-refractivity contribution in [3.63, 3.8) is 0 Å². The number of para-hydroxylation sites is 2. The molecule has 0 amide bonds. The Morgan fingerprint density at radius 3 is 2.19 bits per heavy atom. The largest absolute Gasteiger partial charge is 0.335 e. The molecule has 0 saturated heterocycles. The summed E-state index contributed by atoms with van der Waals surface area (Å²) in [5, 5.41) is 4.25. The van der Waals surface area contributed by atoms with Gasteiger partial charge in [-0.25, -0.2) is 4.98 Å². The summed E-state index contributed by atoms with van der Waals surface area (Å²) in [4.78, 5) is 19.3. The van der Waals surface area contributed by atoms with Crippen molar-refractivity contribution in [2.24, 2.45) is 0 Å².